The summed E-state index contributed by atoms with van der Waals surface area (Å²) in [6.45, 7) is 3.93. The largest absolute Gasteiger partial charge is 0.478 e. The van der Waals surface area contributed by atoms with Gasteiger partial charge in [0, 0.05) is 13.1 Å². The van der Waals surface area contributed by atoms with E-state index in [-0.39, 0.29) is 0 Å². The van der Waals surface area contributed by atoms with Crippen LogP contribution in [0.25, 0.3) is 0 Å². The van der Waals surface area contributed by atoms with Gasteiger partial charge < -0.3 is 15.7 Å². The van der Waals surface area contributed by atoms with Gasteiger partial charge in [0.05, 0.1) is 16.9 Å². The first-order chi connectivity index (χ1) is 7.59. The molecule has 1 atom stereocenters. The number of aromatic carboxylic acids is 1. The number of nitrogens with two attached hydrogens (primary N) is 1. The van der Waals surface area contributed by atoms with Crippen molar-refractivity contribution in [3.8, 4) is 0 Å². The van der Waals surface area contributed by atoms with Crippen molar-refractivity contribution in [1.29, 1.82) is 0 Å². The quantitative estimate of drug-likeness (QED) is 0.746. The van der Waals surface area contributed by atoms with E-state index in [1.54, 1.807) is 18.2 Å². The minimum Gasteiger partial charge on any atom is -0.478 e. The van der Waals surface area contributed by atoms with Crippen molar-refractivity contribution < 1.29 is 9.90 Å². The molecule has 0 aromatic heterocycles. The number of carboxylic acids is 1. The molecule has 0 bridgehead atoms. The molecule has 1 saturated heterocycles. The maximum atomic E-state index is 11.1. The van der Waals surface area contributed by atoms with Crippen molar-refractivity contribution in [3.63, 3.8) is 0 Å². The fourth-order valence-electron chi connectivity index (χ4n) is 2.22. The van der Waals surface area contributed by atoms with Crippen molar-refractivity contribution in [1.82, 2.24) is 0 Å². The van der Waals surface area contributed by atoms with Gasteiger partial charge in [-0.25, -0.2) is 4.79 Å². The summed E-state index contributed by atoms with van der Waals surface area (Å²) in [7, 11) is 0. The molecule has 1 aliphatic heterocycles. The number of nitrogen functional groups attached to an aromatic ring is 1. The third-order valence-corrected chi connectivity index (χ3v) is 3.04. The van der Waals surface area contributed by atoms with Gasteiger partial charge in [-0.15, -0.1) is 0 Å². The number of carbonyl (C=O) groups is 1. The molecule has 1 aliphatic rings. The van der Waals surface area contributed by atoms with Crippen LogP contribution in [0.3, 0.4) is 0 Å². The summed E-state index contributed by atoms with van der Waals surface area (Å²) in [5.74, 6) is -0.317. The molecule has 0 spiro atoms. The zero-order valence-corrected chi connectivity index (χ0v) is 9.31. The summed E-state index contributed by atoms with van der Waals surface area (Å²) < 4.78 is 0. The summed E-state index contributed by atoms with van der Waals surface area (Å²) in [6.07, 6.45) is 1.09. The first kappa shape index (κ1) is 10.8. The predicted octanol–water partition coefficient (Wildman–Crippen LogP) is 1.81. The molecule has 3 N–H and O–H groups in total. The van der Waals surface area contributed by atoms with Gasteiger partial charge in [0.2, 0.25) is 0 Å². The van der Waals surface area contributed by atoms with E-state index in [1.165, 1.54) is 0 Å². The smallest absolute Gasteiger partial charge is 0.337 e. The van der Waals surface area contributed by atoms with Gasteiger partial charge in [0.1, 0.15) is 0 Å². The number of hydrogen-bond donors (Lipinski definition) is 2. The summed E-state index contributed by atoms with van der Waals surface area (Å²) in [6, 6.07) is 5.05. The maximum absolute atomic E-state index is 11.1. The van der Waals surface area contributed by atoms with Gasteiger partial charge in [-0.2, -0.15) is 0 Å². The Morgan fingerprint density at radius 1 is 1.56 bits per heavy atom. The maximum Gasteiger partial charge on any atom is 0.337 e. The third kappa shape index (κ3) is 1.83. The topological polar surface area (TPSA) is 66.6 Å². The van der Waals surface area contributed by atoms with E-state index in [0.29, 0.717) is 22.9 Å². The number of hydrogen-bond acceptors (Lipinski definition) is 3. The Morgan fingerprint density at radius 3 is 2.88 bits per heavy atom. The van der Waals surface area contributed by atoms with Crippen molar-refractivity contribution in [2.24, 2.45) is 5.92 Å². The molecular weight excluding hydrogens is 204 g/mol. The second kappa shape index (κ2) is 4.04. The lowest BCUT2D eigenvalue weighted by molar-refractivity contribution is 0.0697. The first-order valence-electron chi connectivity index (χ1n) is 5.46. The van der Waals surface area contributed by atoms with Crippen LogP contribution in [0, 0.1) is 5.92 Å². The molecule has 0 amide bonds. The summed E-state index contributed by atoms with van der Waals surface area (Å²) in [5, 5.41) is 9.13. The van der Waals surface area contributed by atoms with E-state index >= 15 is 0 Å². The van der Waals surface area contributed by atoms with Crippen LogP contribution < -0.4 is 10.6 Å². The predicted molar refractivity (Wildman–Crippen MR) is 63.8 cm³/mol. The highest BCUT2D eigenvalue weighted by Crippen LogP contribution is 2.32. The SMILES string of the molecule is CC1CCN(c2c(N)cccc2C(=O)O)C1. The molecule has 1 aromatic carbocycles. The fourth-order valence-corrected chi connectivity index (χ4v) is 2.22. The number of carboxylic acid groups (broad SMARTS) is 1. The number of para-hydroxylation sites is 1. The zero-order chi connectivity index (χ0) is 11.7. The van der Waals surface area contributed by atoms with Crippen molar-refractivity contribution in [2.45, 2.75) is 13.3 Å². The molecule has 0 aliphatic carbocycles. The van der Waals surface area contributed by atoms with E-state index in [0.717, 1.165) is 19.5 Å². The Morgan fingerprint density at radius 2 is 2.31 bits per heavy atom. The minimum absolute atomic E-state index is 0.300. The van der Waals surface area contributed by atoms with Gasteiger partial charge in [0.25, 0.3) is 0 Å². The monoisotopic (exact) mass is 220 g/mol. The van der Waals surface area contributed by atoms with Crippen LogP contribution in [0.15, 0.2) is 18.2 Å². The Labute approximate surface area is 94.7 Å². The summed E-state index contributed by atoms with van der Waals surface area (Å²) in [4.78, 5) is 13.2. The molecule has 16 heavy (non-hydrogen) atoms. The molecule has 86 valence electrons. The number of rotatable bonds is 2. The van der Waals surface area contributed by atoms with Crippen LogP contribution in [0.2, 0.25) is 0 Å². The Hall–Kier alpha value is -1.71. The molecular formula is C12H16N2O2. The van der Waals surface area contributed by atoms with Crippen LogP contribution >= 0.6 is 0 Å². The van der Waals surface area contributed by atoms with Gasteiger partial charge in [-0.1, -0.05) is 13.0 Å². The highest BCUT2D eigenvalue weighted by Gasteiger charge is 2.24. The van der Waals surface area contributed by atoms with Crippen LogP contribution in [-0.4, -0.2) is 24.2 Å². The molecule has 1 heterocycles. The minimum atomic E-state index is -0.915. The average Bonchev–Trinajstić information content (AvgIpc) is 2.64. The number of benzene rings is 1. The van der Waals surface area contributed by atoms with Gasteiger partial charge in [-0.05, 0) is 24.5 Å². The van der Waals surface area contributed by atoms with Crippen molar-refractivity contribution in [3.05, 3.63) is 23.8 Å². The van der Waals surface area contributed by atoms with Crippen LogP contribution in [0.5, 0.6) is 0 Å². The standard InChI is InChI=1S/C12H16N2O2/c1-8-5-6-14(7-8)11-9(12(15)16)3-2-4-10(11)13/h2-4,8H,5-7,13H2,1H3,(H,15,16). The Bertz CT molecular complexity index is 417. The third-order valence-electron chi connectivity index (χ3n) is 3.04. The number of nitrogens with zero attached hydrogens (tertiary/aromatic N) is 1. The van der Waals surface area contributed by atoms with Gasteiger partial charge >= 0.3 is 5.97 Å². The second-order valence-electron chi connectivity index (χ2n) is 4.39. The fraction of sp³-hybridized carbons (Fsp3) is 0.417. The van der Waals surface area contributed by atoms with Crippen LogP contribution in [0.4, 0.5) is 11.4 Å². The van der Waals surface area contributed by atoms with E-state index in [4.69, 9.17) is 10.8 Å². The second-order valence-corrected chi connectivity index (χ2v) is 4.39. The lowest BCUT2D eigenvalue weighted by Gasteiger charge is -2.22. The lowest BCUT2D eigenvalue weighted by Crippen LogP contribution is -2.23. The normalized spacial score (nSPS) is 20.1. The van der Waals surface area contributed by atoms with Crippen LogP contribution in [-0.2, 0) is 0 Å². The first-order valence-corrected chi connectivity index (χ1v) is 5.46. The van der Waals surface area contributed by atoms with Crippen LogP contribution in [0.1, 0.15) is 23.7 Å². The highest BCUT2D eigenvalue weighted by molar-refractivity contribution is 5.98. The van der Waals surface area contributed by atoms with E-state index in [9.17, 15) is 4.79 Å². The molecule has 4 nitrogen and oxygen atoms in total. The molecule has 1 unspecified atom stereocenters. The van der Waals surface area contributed by atoms with Gasteiger partial charge in [0.15, 0.2) is 0 Å². The molecule has 2 rings (SSSR count). The zero-order valence-electron chi connectivity index (χ0n) is 9.31. The Balaban J connectivity index is 2.42. The number of anilines is 2. The molecule has 0 radical (unpaired) electrons. The molecule has 0 saturated carbocycles. The lowest BCUT2D eigenvalue weighted by atomic mass is 10.1. The molecule has 4 heteroatoms. The van der Waals surface area contributed by atoms with Crippen molar-refractivity contribution >= 4 is 17.3 Å². The van der Waals surface area contributed by atoms with Gasteiger partial charge in [-0.3, -0.25) is 0 Å². The van der Waals surface area contributed by atoms with Crippen molar-refractivity contribution in [2.75, 3.05) is 23.7 Å². The van der Waals surface area contributed by atoms with E-state index in [1.807, 2.05) is 0 Å². The average molecular weight is 220 g/mol. The molecule has 1 aromatic rings. The summed E-state index contributed by atoms with van der Waals surface area (Å²) in [5.41, 5.74) is 7.41. The highest BCUT2D eigenvalue weighted by atomic mass is 16.4. The van der Waals surface area contributed by atoms with E-state index < -0.39 is 5.97 Å². The summed E-state index contributed by atoms with van der Waals surface area (Å²) >= 11 is 0. The molecule has 1 fully saturated rings. The Kier molecular flexibility index (Phi) is 2.73. The van der Waals surface area contributed by atoms with E-state index in [2.05, 4.69) is 11.8 Å².